The van der Waals surface area contributed by atoms with Crippen molar-refractivity contribution in [1.29, 1.82) is 0 Å². The van der Waals surface area contributed by atoms with Crippen LogP contribution in [0.15, 0.2) is 54.6 Å². The number of benzene rings is 2. The van der Waals surface area contributed by atoms with Crippen LogP contribution in [0, 0.1) is 22.9 Å². The molecule has 1 heterocycles. The number of aryl methyl sites for hydroxylation is 1. The Bertz CT molecular complexity index is 934. The number of carbonyl (C=O) groups is 1. The average Bonchev–Trinajstić information content (AvgIpc) is 2.95. The summed E-state index contributed by atoms with van der Waals surface area (Å²) in [7, 11) is 0. The summed E-state index contributed by atoms with van der Waals surface area (Å²) in [6.45, 7) is 1.76. The van der Waals surface area contributed by atoms with Crippen LogP contribution in [0.1, 0.15) is 16.1 Å². The van der Waals surface area contributed by atoms with Crippen LogP contribution in [0.5, 0.6) is 0 Å². The normalized spacial score (nSPS) is 10.5. The van der Waals surface area contributed by atoms with Gasteiger partial charge in [-0.2, -0.15) is 5.10 Å². The second kappa shape index (κ2) is 6.52. The number of hydrogen-bond acceptors (Lipinski definition) is 4. The number of hydrogen-bond donors (Lipinski definition) is 1. The van der Waals surface area contributed by atoms with Crippen LogP contribution in [-0.4, -0.2) is 20.6 Å². The molecule has 25 heavy (non-hydrogen) atoms. The number of carbonyl (C=O) groups excluding carboxylic acids is 1. The minimum Gasteiger partial charge on any atom is -0.306 e. The molecule has 0 saturated carbocycles. The number of nitrogens with zero attached hydrogens (tertiary/aromatic N) is 3. The fourth-order valence-electron chi connectivity index (χ4n) is 2.29. The first-order valence-electron chi connectivity index (χ1n) is 7.32. The summed E-state index contributed by atoms with van der Waals surface area (Å²) in [5.74, 6) is -0.438. The molecule has 0 radical (unpaired) electrons. The number of nitro benzene ring substituents is 1. The fourth-order valence-corrected chi connectivity index (χ4v) is 2.29. The highest BCUT2D eigenvalue weighted by molar-refractivity contribution is 6.03. The van der Waals surface area contributed by atoms with Crippen molar-refractivity contribution in [1.82, 2.24) is 9.78 Å². The van der Waals surface area contributed by atoms with Gasteiger partial charge in [-0.15, -0.1) is 0 Å². The molecule has 0 spiro atoms. The predicted molar refractivity (Wildman–Crippen MR) is 89.3 cm³/mol. The minimum absolute atomic E-state index is 0.0375. The number of aromatic nitrogens is 2. The molecule has 1 amide bonds. The maximum Gasteiger partial charge on any atom is 0.269 e. The lowest BCUT2D eigenvalue weighted by atomic mass is 10.2. The summed E-state index contributed by atoms with van der Waals surface area (Å²) in [5.41, 5.74) is 1.49. The van der Waals surface area contributed by atoms with Crippen molar-refractivity contribution in [2.45, 2.75) is 6.92 Å². The monoisotopic (exact) mass is 340 g/mol. The Hall–Kier alpha value is -3.55. The van der Waals surface area contributed by atoms with Crippen molar-refractivity contribution in [3.8, 4) is 5.69 Å². The zero-order chi connectivity index (χ0) is 18.0. The third-order valence-corrected chi connectivity index (χ3v) is 3.48. The van der Waals surface area contributed by atoms with E-state index in [2.05, 4.69) is 10.4 Å². The molecule has 7 nitrogen and oxygen atoms in total. The van der Waals surface area contributed by atoms with Crippen molar-refractivity contribution < 1.29 is 14.1 Å². The van der Waals surface area contributed by atoms with Gasteiger partial charge in [-0.05, 0) is 43.3 Å². The van der Waals surface area contributed by atoms with Crippen LogP contribution in [0.3, 0.4) is 0 Å². The lowest BCUT2D eigenvalue weighted by Crippen LogP contribution is -2.15. The standard InChI is InChI=1S/C17H13FN4O3/c1-11-10-16(19-17(23)12-2-4-13(18)5-3-12)21(20-11)14-6-8-15(9-7-14)22(24)25/h2-10H,1H3,(H,19,23). The van der Waals surface area contributed by atoms with E-state index in [0.29, 0.717) is 22.8 Å². The molecule has 0 bridgehead atoms. The van der Waals surface area contributed by atoms with Gasteiger partial charge in [0.25, 0.3) is 11.6 Å². The van der Waals surface area contributed by atoms with Crippen LogP contribution in [0.25, 0.3) is 5.69 Å². The van der Waals surface area contributed by atoms with Gasteiger partial charge < -0.3 is 5.32 Å². The van der Waals surface area contributed by atoms with Crippen molar-refractivity contribution in [3.05, 3.63) is 81.8 Å². The van der Waals surface area contributed by atoms with E-state index in [0.717, 1.165) is 0 Å². The topological polar surface area (TPSA) is 90.1 Å². The molecule has 1 aromatic heterocycles. The molecular weight excluding hydrogens is 327 g/mol. The molecule has 0 fully saturated rings. The number of amides is 1. The van der Waals surface area contributed by atoms with E-state index in [4.69, 9.17) is 0 Å². The van der Waals surface area contributed by atoms with E-state index >= 15 is 0 Å². The Balaban J connectivity index is 1.89. The molecule has 0 saturated heterocycles. The predicted octanol–water partition coefficient (Wildman–Crippen LogP) is 3.48. The molecular formula is C17H13FN4O3. The smallest absolute Gasteiger partial charge is 0.269 e. The summed E-state index contributed by atoms with van der Waals surface area (Å²) in [5, 5.41) is 17.7. The molecule has 1 N–H and O–H groups in total. The fraction of sp³-hybridized carbons (Fsp3) is 0.0588. The third-order valence-electron chi connectivity index (χ3n) is 3.48. The summed E-state index contributed by atoms with van der Waals surface area (Å²) in [6.07, 6.45) is 0. The van der Waals surface area contributed by atoms with Gasteiger partial charge in [0.15, 0.2) is 0 Å². The Kier molecular flexibility index (Phi) is 4.25. The van der Waals surface area contributed by atoms with Gasteiger partial charge in [0, 0.05) is 23.8 Å². The summed E-state index contributed by atoms with van der Waals surface area (Å²) < 4.78 is 14.4. The molecule has 3 aromatic rings. The quantitative estimate of drug-likeness (QED) is 0.581. The maximum atomic E-state index is 13.0. The van der Waals surface area contributed by atoms with Gasteiger partial charge >= 0.3 is 0 Å². The molecule has 0 aliphatic heterocycles. The number of anilines is 1. The third kappa shape index (κ3) is 3.52. The number of nitro groups is 1. The first kappa shape index (κ1) is 16.3. The van der Waals surface area contributed by atoms with Gasteiger partial charge in [-0.25, -0.2) is 9.07 Å². The summed E-state index contributed by atoms with van der Waals surface area (Å²) in [4.78, 5) is 22.6. The van der Waals surface area contributed by atoms with E-state index in [9.17, 15) is 19.3 Å². The van der Waals surface area contributed by atoms with Crippen LogP contribution in [0.4, 0.5) is 15.9 Å². The van der Waals surface area contributed by atoms with Gasteiger partial charge in [0.2, 0.25) is 0 Å². The first-order valence-corrected chi connectivity index (χ1v) is 7.32. The Morgan fingerprint density at radius 1 is 1.16 bits per heavy atom. The highest BCUT2D eigenvalue weighted by Crippen LogP contribution is 2.20. The maximum absolute atomic E-state index is 13.0. The highest BCUT2D eigenvalue weighted by atomic mass is 19.1. The Labute approximate surface area is 141 Å². The zero-order valence-corrected chi connectivity index (χ0v) is 13.1. The van der Waals surface area contributed by atoms with Crippen molar-refractivity contribution >= 4 is 17.4 Å². The number of non-ortho nitro benzene ring substituents is 1. The van der Waals surface area contributed by atoms with Gasteiger partial charge in [-0.3, -0.25) is 14.9 Å². The van der Waals surface area contributed by atoms with Crippen molar-refractivity contribution in [2.75, 3.05) is 5.32 Å². The van der Waals surface area contributed by atoms with Gasteiger partial charge in [0.1, 0.15) is 11.6 Å². The zero-order valence-electron chi connectivity index (χ0n) is 13.1. The molecule has 126 valence electrons. The highest BCUT2D eigenvalue weighted by Gasteiger charge is 2.13. The van der Waals surface area contributed by atoms with Crippen LogP contribution in [0.2, 0.25) is 0 Å². The van der Waals surface area contributed by atoms with Gasteiger partial charge in [0.05, 0.1) is 16.3 Å². The Morgan fingerprint density at radius 2 is 1.80 bits per heavy atom. The molecule has 0 atom stereocenters. The van der Waals surface area contributed by atoms with Crippen molar-refractivity contribution in [2.24, 2.45) is 0 Å². The Morgan fingerprint density at radius 3 is 2.40 bits per heavy atom. The summed E-state index contributed by atoms with van der Waals surface area (Å²) in [6, 6.07) is 12.6. The SMILES string of the molecule is Cc1cc(NC(=O)c2ccc(F)cc2)n(-c2ccc([N+](=O)[O-])cc2)n1. The number of rotatable bonds is 4. The van der Waals surface area contributed by atoms with E-state index in [-0.39, 0.29) is 5.69 Å². The van der Waals surface area contributed by atoms with E-state index in [1.807, 2.05) is 0 Å². The van der Waals surface area contributed by atoms with Gasteiger partial charge in [-0.1, -0.05) is 0 Å². The minimum atomic E-state index is -0.491. The lowest BCUT2D eigenvalue weighted by Gasteiger charge is -2.09. The number of halogens is 1. The largest absolute Gasteiger partial charge is 0.306 e. The van der Waals surface area contributed by atoms with Crippen molar-refractivity contribution in [3.63, 3.8) is 0 Å². The molecule has 0 aliphatic rings. The summed E-state index contributed by atoms with van der Waals surface area (Å²) >= 11 is 0. The molecule has 0 unspecified atom stereocenters. The lowest BCUT2D eigenvalue weighted by molar-refractivity contribution is -0.384. The molecule has 8 heteroatoms. The average molecular weight is 340 g/mol. The molecule has 3 rings (SSSR count). The van der Waals surface area contributed by atoms with Crippen LogP contribution < -0.4 is 5.32 Å². The van der Waals surface area contributed by atoms with Crippen LogP contribution >= 0.6 is 0 Å². The first-order chi connectivity index (χ1) is 11.9. The van der Waals surface area contributed by atoms with E-state index in [1.165, 1.54) is 53.2 Å². The molecule has 0 aliphatic carbocycles. The number of nitrogens with one attached hydrogen (secondary N) is 1. The molecule has 2 aromatic carbocycles. The van der Waals surface area contributed by atoms with Crippen LogP contribution in [-0.2, 0) is 0 Å². The second-order valence-electron chi connectivity index (χ2n) is 5.32. The van der Waals surface area contributed by atoms with E-state index < -0.39 is 16.6 Å². The van der Waals surface area contributed by atoms with E-state index in [1.54, 1.807) is 13.0 Å². The second-order valence-corrected chi connectivity index (χ2v) is 5.32.